The number of piperidine rings is 1. The fourth-order valence-corrected chi connectivity index (χ4v) is 2.49. The summed E-state index contributed by atoms with van der Waals surface area (Å²) >= 11 is 0. The third-order valence-corrected chi connectivity index (χ3v) is 3.61. The summed E-state index contributed by atoms with van der Waals surface area (Å²) in [6.07, 6.45) is 2.09. The third-order valence-electron chi connectivity index (χ3n) is 3.61. The van der Waals surface area contributed by atoms with Gasteiger partial charge in [0.25, 0.3) is 0 Å². The number of likely N-dealkylation sites (N-methyl/N-ethyl adjacent to an activating group) is 1. The average Bonchev–Trinajstić information content (AvgIpc) is 2.35. The molecule has 2 atom stereocenters. The van der Waals surface area contributed by atoms with E-state index in [1.165, 1.54) is 4.90 Å². The summed E-state index contributed by atoms with van der Waals surface area (Å²) in [6.45, 7) is 3.05. The maximum Gasteiger partial charge on any atom is 0.321 e. The van der Waals surface area contributed by atoms with Crippen LogP contribution in [0.25, 0.3) is 0 Å². The van der Waals surface area contributed by atoms with Crippen LogP contribution >= 0.6 is 0 Å². The van der Waals surface area contributed by atoms with Crippen molar-refractivity contribution in [2.45, 2.75) is 32.2 Å². The molecule has 1 N–H and O–H groups in total. The fraction of sp³-hybridized carbons (Fsp3) is 0.769. The first-order valence-corrected chi connectivity index (χ1v) is 6.55. The number of carbonyl (C=O) groups excluding carboxylic acids is 1. The number of nitriles is 1. The van der Waals surface area contributed by atoms with Crippen molar-refractivity contribution in [3.05, 3.63) is 0 Å². The van der Waals surface area contributed by atoms with Crippen molar-refractivity contribution in [1.82, 2.24) is 9.80 Å². The lowest BCUT2D eigenvalue weighted by molar-refractivity contribution is -0.148. The highest BCUT2D eigenvalue weighted by molar-refractivity contribution is 5.80. The van der Waals surface area contributed by atoms with Gasteiger partial charge in [0, 0.05) is 13.6 Å². The number of likely N-dealkylation sites (tertiary alicyclic amines) is 1. The van der Waals surface area contributed by atoms with Gasteiger partial charge in [-0.2, -0.15) is 5.26 Å². The molecule has 1 aliphatic rings. The highest BCUT2D eigenvalue weighted by Crippen LogP contribution is 2.23. The number of rotatable bonds is 5. The van der Waals surface area contributed by atoms with E-state index in [1.54, 1.807) is 11.9 Å². The van der Waals surface area contributed by atoms with Crippen LogP contribution in [0.15, 0.2) is 0 Å². The molecule has 0 aromatic carbocycles. The molecule has 1 fully saturated rings. The zero-order valence-corrected chi connectivity index (χ0v) is 11.5. The normalized spacial score (nSPS) is 23.6. The first-order valence-electron chi connectivity index (χ1n) is 6.55. The van der Waals surface area contributed by atoms with Gasteiger partial charge in [-0.05, 0) is 25.3 Å². The number of carbonyl (C=O) groups is 2. The number of carboxylic acid groups (broad SMARTS) is 1. The number of amides is 1. The van der Waals surface area contributed by atoms with E-state index in [4.69, 9.17) is 5.26 Å². The number of carboxylic acids is 1. The van der Waals surface area contributed by atoms with E-state index in [0.717, 1.165) is 12.8 Å². The molecule has 0 saturated carbocycles. The second-order valence-corrected chi connectivity index (χ2v) is 5.10. The van der Waals surface area contributed by atoms with Crippen molar-refractivity contribution < 1.29 is 14.7 Å². The summed E-state index contributed by atoms with van der Waals surface area (Å²) < 4.78 is 0. The molecule has 1 aliphatic heterocycles. The van der Waals surface area contributed by atoms with E-state index < -0.39 is 12.0 Å². The molecule has 0 aromatic rings. The van der Waals surface area contributed by atoms with Gasteiger partial charge in [0.2, 0.25) is 5.91 Å². The minimum atomic E-state index is -0.861. The summed E-state index contributed by atoms with van der Waals surface area (Å²) in [5.41, 5.74) is 0. The van der Waals surface area contributed by atoms with E-state index >= 15 is 0 Å². The third kappa shape index (κ3) is 4.21. The number of aliphatic carboxylic acids is 1. The summed E-state index contributed by atoms with van der Waals surface area (Å²) in [5, 5.41) is 17.8. The van der Waals surface area contributed by atoms with Gasteiger partial charge in [-0.3, -0.25) is 14.5 Å². The molecular weight excluding hydrogens is 246 g/mol. The lowest BCUT2D eigenvalue weighted by atomic mass is 9.91. The van der Waals surface area contributed by atoms with Gasteiger partial charge in [-0.25, -0.2) is 0 Å². The van der Waals surface area contributed by atoms with Crippen LogP contribution in [0.3, 0.4) is 0 Å². The minimum Gasteiger partial charge on any atom is -0.480 e. The predicted octanol–water partition coefficient (Wildman–Crippen LogP) is 0.544. The Hall–Kier alpha value is -1.61. The Morgan fingerprint density at radius 1 is 1.53 bits per heavy atom. The molecule has 6 nitrogen and oxygen atoms in total. The SMILES string of the molecule is CC1CCCN(CC(=O)N(C)CCC#N)C1C(=O)O. The fourth-order valence-electron chi connectivity index (χ4n) is 2.49. The van der Waals surface area contributed by atoms with Crippen molar-refractivity contribution in [1.29, 1.82) is 5.26 Å². The van der Waals surface area contributed by atoms with E-state index in [0.29, 0.717) is 19.5 Å². The highest BCUT2D eigenvalue weighted by atomic mass is 16.4. The first-order chi connectivity index (χ1) is 8.97. The summed E-state index contributed by atoms with van der Waals surface area (Å²) in [7, 11) is 1.64. The van der Waals surface area contributed by atoms with Crippen LogP contribution in [0.1, 0.15) is 26.2 Å². The van der Waals surface area contributed by atoms with Gasteiger partial charge < -0.3 is 10.0 Å². The van der Waals surface area contributed by atoms with Gasteiger partial charge >= 0.3 is 5.97 Å². The van der Waals surface area contributed by atoms with Gasteiger partial charge in [0.05, 0.1) is 19.0 Å². The second-order valence-electron chi connectivity index (χ2n) is 5.10. The lowest BCUT2D eigenvalue weighted by Gasteiger charge is -2.37. The lowest BCUT2D eigenvalue weighted by Crippen LogP contribution is -2.52. The van der Waals surface area contributed by atoms with Gasteiger partial charge in [0.15, 0.2) is 0 Å². The predicted molar refractivity (Wildman–Crippen MR) is 69.3 cm³/mol. The molecule has 2 unspecified atom stereocenters. The maximum atomic E-state index is 12.0. The van der Waals surface area contributed by atoms with Gasteiger partial charge in [-0.15, -0.1) is 0 Å². The second kappa shape index (κ2) is 7.10. The largest absolute Gasteiger partial charge is 0.480 e. The Bertz CT molecular complexity index is 378. The molecule has 106 valence electrons. The summed E-state index contributed by atoms with van der Waals surface area (Å²) in [5.74, 6) is -0.932. The van der Waals surface area contributed by atoms with Crippen molar-refractivity contribution >= 4 is 11.9 Å². The maximum absolute atomic E-state index is 12.0. The molecular formula is C13H21N3O3. The van der Waals surface area contributed by atoms with Gasteiger partial charge in [0.1, 0.15) is 6.04 Å². The molecule has 6 heteroatoms. The monoisotopic (exact) mass is 267 g/mol. The molecule has 0 spiro atoms. The van der Waals surface area contributed by atoms with Crippen molar-refractivity contribution in [3.63, 3.8) is 0 Å². The Labute approximate surface area is 113 Å². The topological polar surface area (TPSA) is 84.6 Å². The molecule has 0 radical (unpaired) electrons. The molecule has 0 aliphatic carbocycles. The van der Waals surface area contributed by atoms with Crippen LogP contribution in [-0.4, -0.2) is 59.5 Å². The molecule has 1 saturated heterocycles. The van der Waals surface area contributed by atoms with Crippen LogP contribution < -0.4 is 0 Å². The first kappa shape index (κ1) is 15.4. The molecule has 1 rings (SSSR count). The Balaban J connectivity index is 2.60. The van der Waals surface area contributed by atoms with Crippen LogP contribution in [0, 0.1) is 17.2 Å². The quantitative estimate of drug-likeness (QED) is 0.786. The highest BCUT2D eigenvalue weighted by Gasteiger charge is 2.35. The smallest absolute Gasteiger partial charge is 0.321 e. The van der Waals surface area contributed by atoms with Gasteiger partial charge in [-0.1, -0.05) is 6.92 Å². The Morgan fingerprint density at radius 2 is 2.21 bits per heavy atom. The number of hydrogen-bond donors (Lipinski definition) is 1. The Morgan fingerprint density at radius 3 is 2.79 bits per heavy atom. The Kier molecular flexibility index (Phi) is 5.77. The van der Waals surface area contributed by atoms with Crippen LogP contribution in [0.5, 0.6) is 0 Å². The molecule has 1 amide bonds. The summed E-state index contributed by atoms with van der Waals surface area (Å²) in [4.78, 5) is 26.5. The van der Waals surface area contributed by atoms with E-state index in [1.807, 2.05) is 13.0 Å². The van der Waals surface area contributed by atoms with Crippen molar-refractivity contribution in [2.75, 3.05) is 26.7 Å². The van der Waals surface area contributed by atoms with E-state index in [2.05, 4.69) is 0 Å². The molecule has 1 heterocycles. The zero-order chi connectivity index (χ0) is 14.4. The zero-order valence-electron chi connectivity index (χ0n) is 11.5. The number of hydrogen-bond acceptors (Lipinski definition) is 4. The number of nitrogens with zero attached hydrogens (tertiary/aromatic N) is 3. The molecule has 0 bridgehead atoms. The van der Waals surface area contributed by atoms with Crippen LogP contribution in [-0.2, 0) is 9.59 Å². The van der Waals surface area contributed by atoms with Crippen LogP contribution in [0.4, 0.5) is 0 Å². The summed E-state index contributed by atoms with van der Waals surface area (Å²) in [6, 6.07) is 1.41. The van der Waals surface area contributed by atoms with E-state index in [-0.39, 0.29) is 18.4 Å². The minimum absolute atomic E-state index is 0.0588. The standard InChI is InChI=1S/C13H21N3O3/c1-10-5-3-8-16(12(10)13(18)19)9-11(17)15(2)7-4-6-14/h10,12H,3-5,7-9H2,1-2H3,(H,18,19). The average molecular weight is 267 g/mol. The molecule has 19 heavy (non-hydrogen) atoms. The van der Waals surface area contributed by atoms with Crippen molar-refractivity contribution in [3.8, 4) is 6.07 Å². The van der Waals surface area contributed by atoms with E-state index in [9.17, 15) is 14.7 Å². The van der Waals surface area contributed by atoms with Crippen molar-refractivity contribution in [2.24, 2.45) is 5.92 Å². The van der Waals surface area contributed by atoms with Crippen LogP contribution in [0.2, 0.25) is 0 Å². The molecule has 0 aromatic heterocycles.